The van der Waals surface area contributed by atoms with E-state index in [1.54, 1.807) is 0 Å². The minimum Gasteiger partial charge on any atom is -0.399 e. The van der Waals surface area contributed by atoms with Gasteiger partial charge >= 0.3 is 14.2 Å². The summed E-state index contributed by atoms with van der Waals surface area (Å²) >= 11 is 0. The summed E-state index contributed by atoms with van der Waals surface area (Å²) in [7, 11) is -0.750. The Morgan fingerprint density at radius 2 is 1.22 bits per heavy atom. The molecule has 0 saturated carbocycles. The number of hydrogen-bond donors (Lipinski definition) is 0. The van der Waals surface area contributed by atoms with E-state index in [9.17, 15) is 0 Å². The molecule has 0 aromatic heterocycles. The van der Waals surface area contributed by atoms with Crippen molar-refractivity contribution in [3.05, 3.63) is 24.3 Å². The number of hydrogen-bond acceptors (Lipinski definition) is 4. The van der Waals surface area contributed by atoms with Crippen molar-refractivity contribution in [1.82, 2.24) is 0 Å². The zero-order chi connectivity index (χ0) is 20.1. The van der Waals surface area contributed by atoms with Crippen molar-refractivity contribution in [2.75, 3.05) is 0 Å². The maximum Gasteiger partial charge on any atom is 0.494 e. The molecule has 1 unspecified atom stereocenters. The molecule has 27 heavy (non-hydrogen) atoms. The highest BCUT2D eigenvalue weighted by Crippen LogP contribution is 2.40. The SMILES string of the molecule is CCCCC1(C)OB(c2cccc(B3OC(C)(C)C(C)(C)O3)c2)OC1(C)C. The van der Waals surface area contributed by atoms with E-state index >= 15 is 0 Å². The molecule has 1 aromatic rings. The van der Waals surface area contributed by atoms with Crippen LogP contribution in [0.3, 0.4) is 0 Å². The monoisotopic (exact) mass is 372 g/mol. The Hall–Kier alpha value is -0.810. The Bertz CT molecular complexity index is 673. The summed E-state index contributed by atoms with van der Waals surface area (Å²) in [4.78, 5) is 0. The molecule has 1 atom stereocenters. The summed E-state index contributed by atoms with van der Waals surface area (Å²) < 4.78 is 25.2. The molecule has 0 radical (unpaired) electrons. The van der Waals surface area contributed by atoms with Crippen LogP contribution >= 0.6 is 0 Å². The minimum absolute atomic E-state index is 0.298. The average molecular weight is 372 g/mol. The summed E-state index contributed by atoms with van der Waals surface area (Å²) in [6.07, 6.45) is 3.27. The first kappa shape index (κ1) is 20.9. The zero-order valence-electron chi connectivity index (χ0n) is 18.2. The molecule has 0 spiro atoms. The first-order valence-electron chi connectivity index (χ1n) is 10.2. The predicted molar refractivity (Wildman–Crippen MR) is 112 cm³/mol. The Labute approximate surface area is 165 Å². The average Bonchev–Trinajstić information content (AvgIpc) is 2.94. The van der Waals surface area contributed by atoms with Gasteiger partial charge in [-0.15, -0.1) is 0 Å². The molecule has 0 bridgehead atoms. The van der Waals surface area contributed by atoms with Crippen molar-refractivity contribution in [1.29, 1.82) is 0 Å². The highest BCUT2D eigenvalue weighted by Gasteiger charge is 2.55. The van der Waals surface area contributed by atoms with Gasteiger partial charge in [-0.1, -0.05) is 44.0 Å². The van der Waals surface area contributed by atoms with Crippen LogP contribution in [0.1, 0.15) is 74.7 Å². The first-order valence-corrected chi connectivity index (χ1v) is 10.2. The van der Waals surface area contributed by atoms with E-state index in [-0.39, 0.29) is 36.6 Å². The lowest BCUT2D eigenvalue weighted by atomic mass is 9.72. The molecule has 2 aliphatic rings. The Balaban J connectivity index is 1.81. The molecule has 2 aliphatic heterocycles. The molecule has 6 heteroatoms. The Morgan fingerprint density at radius 3 is 1.74 bits per heavy atom. The highest BCUT2D eigenvalue weighted by atomic mass is 16.7. The van der Waals surface area contributed by atoms with Crippen molar-refractivity contribution in [3.8, 4) is 0 Å². The first-order chi connectivity index (χ1) is 12.4. The number of rotatable bonds is 5. The lowest BCUT2D eigenvalue weighted by Gasteiger charge is -2.36. The molecule has 2 saturated heterocycles. The van der Waals surface area contributed by atoms with Crippen LogP contribution in [0.5, 0.6) is 0 Å². The maximum atomic E-state index is 6.45. The second-order valence-corrected chi connectivity index (χ2v) is 9.67. The fourth-order valence-corrected chi connectivity index (χ4v) is 3.64. The molecule has 1 aromatic carbocycles. The smallest absolute Gasteiger partial charge is 0.399 e. The van der Waals surface area contributed by atoms with Gasteiger partial charge in [0.2, 0.25) is 0 Å². The van der Waals surface area contributed by atoms with E-state index in [0.29, 0.717) is 0 Å². The van der Waals surface area contributed by atoms with Gasteiger partial charge in [-0.3, -0.25) is 0 Å². The summed E-state index contributed by atoms with van der Waals surface area (Å²) in [6.45, 7) is 16.9. The van der Waals surface area contributed by atoms with E-state index < -0.39 is 0 Å². The molecule has 2 heterocycles. The molecule has 2 fully saturated rings. The lowest BCUT2D eigenvalue weighted by molar-refractivity contribution is -0.0169. The van der Waals surface area contributed by atoms with Crippen molar-refractivity contribution in [2.45, 2.75) is 97.1 Å². The van der Waals surface area contributed by atoms with Gasteiger partial charge in [0, 0.05) is 0 Å². The minimum atomic E-state index is -0.379. The predicted octanol–water partition coefficient (Wildman–Crippen LogP) is 3.46. The van der Waals surface area contributed by atoms with Crippen LogP contribution in [0.15, 0.2) is 24.3 Å². The quantitative estimate of drug-likeness (QED) is 0.742. The standard InChI is InChI=1S/C21H34B2O4/c1-9-10-14-21(8)20(6,7)26-23(27-21)17-13-11-12-16(15-17)22-24-18(2,3)19(4,5)25-22/h11-13,15H,9-10,14H2,1-8H3. The Kier molecular flexibility index (Phi) is 5.35. The third-order valence-corrected chi connectivity index (χ3v) is 6.76. The Morgan fingerprint density at radius 1 is 0.741 bits per heavy atom. The van der Waals surface area contributed by atoms with E-state index in [1.165, 1.54) is 0 Å². The van der Waals surface area contributed by atoms with Crippen molar-refractivity contribution in [3.63, 3.8) is 0 Å². The van der Waals surface area contributed by atoms with Gasteiger partial charge < -0.3 is 18.6 Å². The number of unbranched alkanes of at least 4 members (excludes halogenated alkanes) is 1. The van der Waals surface area contributed by atoms with Crippen molar-refractivity contribution < 1.29 is 18.6 Å². The molecule has 148 valence electrons. The molecule has 0 N–H and O–H groups in total. The third-order valence-electron chi connectivity index (χ3n) is 6.76. The summed E-state index contributed by atoms with van der Waals surface area (Å²) in [5.74, 6) is 0. The fraction of sp³-hybridized carbons (Fsp3) is 0.714. The largest absolute Gasteiger partial charge is 0.494 e. The maximum absolute atomic E-state index is 6.45. The highest BCUT2D eigenvalue weighted by molar-refractivity contribution is 6.65. The number of benzene rings is 1. The van der Waals surface area contributed by atoms with Gasteiger partial charge in [0.15, 0.2) is 0 Å². The van der Waals surface area contributed by atoms with Crippen LogP contribution in [-0.4, -0.2) is 36.6 Å². The van der Waals surface area contributed by atoms with Gasteiger partial charge in [0.1, 0.15) is 0 Å². The van der Waals surface area contributed by atoms with Crippen molar-refractivity contribution in [2.24, 2.45) is 0 Å². The van der Waals surface area contributed by atoms with E-state index in [4.69, 9.17) is 18.6 Å². The van der Waals surface area contributed by atoms with E-state index in [1.807, 2.05) is 12.1 Å². The van der Waals surface area contributed by atoms with Crippen molar-refractivity contribution >= 4 is 25.2 Å². The molecule has 4 nitrogen and oxygen atoms in total. The third kappa shape index (κ3) is 3.74. The topological polar surface area (TPSA) is 36.9 Å². The second kappa shape index (κ2) is 6.91. The molecule has 3 rings (SSSR count). The fourth-order valence-electron chi connectivity index (χ4n) is 3.64. The second-order valence-electron chi connectivity index (χ2n) is 9.67. The van der Waals surface area contributed by atoms with Crippen LogP contribution in [-0.2, 0) is 18.6 Å². The normalized spacial score (nSPS) is 28.7. The zero-order valence-corrected chi connectivity index (χ0v) is 18.2. The van der Waals surface area contributed by atoms with Gasteiger partial charge in [0.05, 0.1) is 22.4 Å². The van der Waals surface area contributed by atoms with E-state index in [0.717, 1.165) is 30.2 Å². The van der Waals surface area contributed by atoms with Gasteiger partial charge in [-0.05, 0) is 65.8 Å². The molecular formula is C21H34B2O4. The van der Waals surface area contributed by atoms with Gasteiger partial charge in [-0.2, -0.15) is 0 Å². The van der Waals surface area contributed by atoms with Crippen LogP contribution in [0.4, 0.5) is 0 Å². The van der Waals surface area contributed by atoms with Crippen LogP contribution in [0.25, 0.3) is 0 Å². The van der Waals surface area contributed by atoms with E-state index in [2.05, 4.69) is 67.5 Å². The van der Waals surface area contributed by atoms with Gasteiger partial charge in [0.25, 0.3) is 0 Å². The van der Waals surface area contributed by atoms with Crippen LogP contribution < -0.4 is 10.9 Å². The molecule has 0 aliphatic carbocycles. The lowest BCUT2D eigenvalue weighted by Crippen LogP contribution is -2.44. The molecular weight excluding hydrogens is 338 g/mol. The summed E-state index contributed by atoms with van der Waals surface area (Å²) in [5.41, 5.74) is 0.666. The van der Waals surface area contributed by atoms with Crippen LogP contribution in [0.2, 0.25) is 0 Å². The summed E-state index contributed by atoms with van der Waals surface area (Å²) in [6, 6.07) is 8.22. The summed E-state index contributed by atoms with van der Waals surface area (Å²) in [5, 5.41) is 0. The molecule has 0 amide bonds. The van der Waals surface area contributed by atoms with Gasteiger partial charge in [-0.25, -0.2) is 0 Å². The van der Waals surface area contributed by atoms with Crippen LogP contribution in [0, 0.1) is 0 Å².